The van der Waals surface area contributed by atoms with Gasteiger partial charge in [-0.1, -0.05) is 74.3 Å². The Labute approximate surface area is 252 Å². The van der Waals surface area contributed by atoms with Crippen molar-refractivity contribution < 1.29 is 22.7 Å². The van der Waals surface area contributed by atoms with Crippen LogP contribution in [-0.2, 0) is 26.2 Å². The number of ether oxygens (including phenoxy) is 1. The van der Waals surface area contributed by atoms with Crippen LogP contribution in [0.15, 0.2) is 77.7 Å². The molecule has 0 aliphatic carbocycles. The summed E-state index contributed by atoms with van der Waals surface area (Å²) in [6.07, 6.45) is 0.322. The van der Waals surface area contributed by atoms with Crippen molar-refractivity contribution in [3.8, 4) is 5.75 Å². The van der Waals surface area contributed by atoms with E-state index in [1.54, 1.807) is 42.5 Å². The third-order valence-electron chi connectivity index (χ3n) is 6.37. The highest BCUT2D eigenvalue weighted by Crippen LogP contribution is 2.32. The molecule has 0 aliphatic rings. The summed E-state index contributed by atoms with van der Waals surface area (Å²) in [7, 11) is -2.75. The van der Waals surface area contributed by atoms with Crippen LogP contribution in [0.5, 0.6) is 5.75 Å². The van der Waals surface area contributed by atoms with Crippen LogP contribution in [0.3, 0.4) is 0 Å². The number of hydrogen-bond acceptors (Lipinski definition) is 5. The minimum atomic E-state index is -4.20. The molecule has 0 spiro atoms. The van der Waals surface area contributed by atoms with Crippen LogP contribution in [0.2, 0.25) is 10.0 Å². The molecule has 0 fully saturated rings. The van der Waals surface area contributed by atoms with Crippen molar-refractivity contribution in [3.05, 3.63) is 88.4 Å². The molecule has 3 aromatic carbocycles. The van der Waals surface area contributed by atoms with Gasteiger partial charge in [-0.2, -0.15) is 0 Å². The maximum atomic E-state index is 14.1. The Bertz CT molecular complexity index is 1430. The highest BCUT2D eigenvalue weighted by molar-refractivity contribution is 7.92. The number of methoxy groups -OCH3 is 1. The quantitative estimate of drug-likeness (QED) is 0.262. The van der Waals surface area contributed by atoms with Crippen LogP contribution in [0, 0.1) is 5.92 Å². The summed E-state index contributed by atoms with van der Waals surface area (Å²) < 4.78 is 34.0. The smallest absolute Gasteiger partial charge is 0.264 e. The summed E-state index contributed by atoms with van der Waals surface area (Å²) in [5.74, 6) is -0.300. The van der Waals surface area contributed by atoms with Gasteiger partial charge in [-0.15, -0.1) is 0 Å². The van der Waals surface area contributed by atoms with E-state index in [0.29, 0.717) is 23.7 Å². The number of amides is 2. The topological polar surface area (TPSA) is 96.0 Å². The minimum Gasteiger partial charge on any atom is -0.495 e. The first-order valence-corrected chi connectivity index (χ1v) is 15.4. The maximum Gasteiger partial charge on any atom is 0.264 e. The number of nitrogens with zero attached hydrogens (tertiary/aromatic N) is 2. The fourth-order valence-electron chi connectivity index (χ4n) is 4.19. The summed E-state index contributed by atoms with van der Waals surface area (Å²) in [5.41, 5.74) is 0.916. The molecule has 1 N–H and O–H groups in total. The molecule has 0 saturated carbocycles. The van der Waals surface area contributed by atoms with Gasteiger partial charge in [0.1, 0.15) is 18.3 Å². The second-order valence-corrected chi connectivity index (χ2v) is 12.6. The maximum absolute atomic E-state index is 14.1. The molecular formula is C30H35Cl2N3O5S. The number of benzene rings is 3. The summed E-state index contributed by atoms with van der Waals surface area (Å²) in [5, 5.41) is 3.62. The summed E-state index contributed by atoms with van der Waals surface area (Å²) >= 11 is 12.4. The lowest BCUT2D eigenvalue weighted by molar-refractivity contribution is -0.140. The molecule has 3 aromatic rings. The number of sulfonamides is 1. The van der Waals surface area contributed by atoms with E-state index in [-0.39, 0.29) is 34.0 Å². The molecule has 0 aromatic heterocycles. The van der Waals surface area contributed by atoms with E-state index < -0.39 is 28.5 Å². The zero-order valence-corrected chi connectivity index (χ0v) is 25.8. The molecule has 0 saturated heterocycles. The number of halogens is 2. The van der Waals surface area contributed by atoms with Crippen molar-refractivity contribution in [2.75, 3.05) is 24.5 Å². The zero-order valence-electron chi connectivity index (χ0n) is 23.5. The molecule has 0 bridgehead atoms. The second-order valence-electron chi connectivity index (χ2n) is 9.85. The predicted molar refractivity (Wildman–Crippen MR) is 163 cm³/mol. The van der Waals surface area contributed by atoms with Crippen molar-refractivity contribution in [3.63, 3.8) is 0 Å². The van der Waals surface area contributed by atoms with Crippen molar-refractivity contribution in [2.45, 2.75) is 44.7 Å². The van der Waals surface area contributed by atoms with Gasteiger partial charge in [0.2, 0.25) is 11.8 Å². The molecule has 8 nitrogen and oxygen atoms in total. The zero-order chi connectivity index (χ0) is 30.2. The predicted octanol–water partition coefficient (Wildman–Crippen LogP) is 5.78. The lowest BCUT2D eigenvalue weighted by Gasteiger charge is -2.33. The second kappa shape index (κ2) is 14.6. The van der Waals surface area contributed by atoms with Crippen molar-refractivity contribution in [1.82, 2.24) is 10.2 Å². The molecule has 220 valence electrons. The molecule has 1 unspecified atom stereocenters. The number of anilines is 1. The molecule has 0 heterocycles. The van der Waals surface area contributed by atoms with Gasteiger partial charge in [0, 0.05) is 18.1 Å². The van der Waals surface area contributed by atoms with Crippen LogP contribution >= 0.6 is 23.2 Å². The Hall–Kier alpha value is -3.27. The average molecular weight is 621 g/mol. The van der Waals surface area contributed by atoms with E-state index >= 15 is 0 Å². The third-order valence-corrected chi connectivity index (χ3v) is 8.71. The van der Waals surface area contributed by atoms with E-state index in [1.165, 1.54) is 42.3 Å². The first kappa shape index (κ1) is 32.2. The van der Waals surface area contributed by atoms with E-state index in [9.17, 15) is 18.0 Å². The van der Waals surface area contributed by atoms with E-state index in [1.807, 2.05) is 20.8 Å². The molecule has 0 aliphatic heterocycles. The Kier molecular flexibility index (Phi) is 11.5. The average Bonchev–Trinajstić information content (AvgIpc) is 2.95. The van der Waals surface area contributed by atoms with Crippen LogP contribution in [-0.4, -0.2) is 51.4 Å². The number of hydrogen-bond donors (Lipinski definition) is 1. The van der Waals surface area contributed by atoms with Gasteiger partial charge in [0.25, 0.3) is 10.0 Å². The molecule has 41 heavy (non-hydrogen) atoms. The van der Waals surface area contributed by atoms with Gasteiger partial charge in [-0.05, 0) is 60.4 Å². The SMILES string of the molecule is CCC(C(=O)NCC(C)C)N(Cc1ccc(Cl)cc1)C(=O)CN(c1ccc(OC)c(Cl)c1)S(=O)(=O)c1ccccc1. The fourth-order valence-corrected chi connectivity index (χ4v) is 5.99. The van der Waals surface area contributed by atoms with Gasteiger partial charge in [-0.25, -0.2) is 8.42 Å². The third kappa shape index (κ3) is 8.38. The summed E-state index contributed by atoms with van der Waals surface area (Å²) in [6.45, 7) is 5.71. The Morgan fingerprint density at radius 2 is 1.63 bits per heavy atom. The Morgan fingerprint density at radius 3 is 2.20 bits per heavy atom. The lowest BCUT2D eigenvalue weighted by Crippen LogP contribution is -2.52. The van der Waals surface area contributed by atoms with Gasteiger partial charge < -0.3 is 15.0 Å². The van der Waals surface area contributed by atoms with Gasteiger partial charge in [0.15, 0.2) is 0 Å². The lowest BCUT2D eigenvalue weighted by atomic mass is 10.1. The highest BCUT2D eigenvalue weighted by Gasteiger charge is 2.34. The standard InChI is InChI=1S/C30H35Cl2N3O5S/c1-5-27(30(37)33-18-21(2)3)34(19-22-11-13-23(31)14-12-22)29(36)20-35(24-15-16-28(40-4)26(32)17-24)41(38,39)25-9-7-6-8-10-25/h6-17,21,27H,5,18-20H2,1-4H3,(H,33,37). The number of carbonyl (C=O) groups is 2. The van der Waals surface area contributed by atoms with E-state index in [2.05, 4.69) is 5.32 Å². The Balaban J connectivity index is 2.06. The van der Waals surface area contributed by atoms with Crippen LogP contribution < -0.4 is 14.4 Å². The normalized spacial score (nSPS) is 12.1. The fraction of sp³-hybridized carbons (Fsp3) is 0.333. The Morgan fingerprint density at radius 1 is 0.976 bits per heavy atom. The molecular weight excluding hydrogens is 585 g/mol. The molecule has 2 amide bonds. The summed E-state index contributed by atoms with van der Waals surface area (Å²) in [6, 6.07) is 18.4. The van der Waals surface area contributed by atoms with Crippen LogP contribution in [0.4, 0.5) is 5.69 Å². The van der Waals surface area contributed by atoms with Crippen molar-refractivity contribution in [1.29, 1.82) is 0 Å². The van der Waals surface area contributed by atoms with E-state index in [0.717, 1.165) is 9.87 Å². The van der Waals surface area contributed by atoms with Crippen molar-refractivity contribution >= 4 is 50.7 Å². The number of nitrogens with one attached hydrogen (secondary N) is 1. The largest absolute Gasteiger partial charge is 0.495 e. The monoisotopic (exact) mass is 619 g/mol. The molecule has 3 rings (SSSR count). The first-order valence-electron chi connectivity index (χ1n) is 13.2. The van der Waals surface area contributed by atoms with Crippen molar-refractivity contribution in [2.24, 2.45) is 5.92 Å². The number of carbonyl (C=O) groups excluding carboxylic acids is 2. The van der Waals surface area contributed by atoms with Gasteiger partial charge >= 0.3 is 0 Å². The van der Waals surface area contributed by atoms with Gasteiger partial charge in [-0.3, -0.25) is 13.9 Å². The first-order chi connectivity index (χ1) is 19.5. The minimum absolute atomic E-state index is 0.00529. The molecule has 11 heteroatoms. The number of rotatable bonds is 13. The van der Waals surface area contributed by atoms with Crippen LogP contribution in [0.25, 0.3) is 0 Å². The molecule has 1 atom stereocenters. The highest BCUT2D eigenvalue weighted by atomic mass is 35.5. The van der Waals surface area contributed by atoms with Crippen LogP contribution in [0.1, 0.15) is 32.8 Å². The van der Waals surface area contributed by atoms with E-state index in [4.69, 9.17) is 27.9 Å². The molecule has 0 radical (unpaired) electrons. The summed E-state index contributed by atoms with van der Waals surface area (Å²) in [4.78, 5) is 28.8. The van der Waals surface area contributed by atoms with Gasteiger partial charge in [0.05, 0.1) is 22.7 Å².